The van der Waals surface area contributed by atoms with Gasteiger partial charge < -0.3 is 10.8 Å². The van der Waals surface area contributed by atoms with Crippen molar-refractivity contribution in [1.82, 2.24) is 0 Å². The van der Waals surface area contributed by atoms with Crippen LogP contribution in [0, 0.1) is 9.39 Å². The van der Waals surface area contributed by atoms with E-state index in [9.17, 15) is 9.18 Å². The second kappa shape index (κ2) is 3.82. The van der Waals surface area contributed by atoms with E-state index in [1.54, 1.807) is 6.07 Å². The van der Waals surface area contributed by atoms with E-state index >= 15 is 0 Å². The maximum absolute atomic E-state index is 13.4. The summed E-state index contributed by atoms with van der Waals surface area (Å²) in [6, 6.07) is 4.33. The van der Waals surface area contributed by atoms with Crippen LogP contribution in [0.3, 0.4) is 0 Å². The predicted molar refractivity (Wildman–Crippen MR) is 58.3 cm³/mol. The smallest absolute Gasteiger partial charge is 0.328 e. The monoisotopic (exact) mass is 309 g/mol. The van der Waals surface area contributed by atoms with E-state index < -0.39 is 17.3 Å². The van der Waals surface area contributed by atoms with E-state index in [0.717, 1.165) is 0 Å². The zero-order valence-corrected chi connectivity index (χ0v) is 9.58. The minimum absolute atomic E-state index is 0.0214. The minimum atomic E-state index is -1.69. The molecule has 3 N–H and O–H groups in total. The number of carbonyl (C=O) groups is 1. The number of benzene rings is 1. The molecule has 3 nitrogen and oxygen atoms in total. The normalized spacial score (nSPS) is 14.9. The average molecular weight is 309 g/mol. The molecule has 0 heterocycles. The number of carboxylic acids is 1. The molecule has 0 saturated heterocycles. The molecule has 0 unspecified atom stereocenters. The summed E-state index contributed by atoms with van der Waals surface area (Å²) in [6.07, 6.45) is 0. The first-order valence-electron chi connectivity index (χ1n) is 3.84. The molecule has 0 aliphatic carbocycles. The second-order valence-electron chi connectivity index (χ2n) is 3.10. The summed E-state index contributed by atoms with van der Waals surface area (Å²) in [5, 5.41) is 8.85. The number of aliphatic carboxylic acids is 1. The lowest BCUT2D eigenvalue weighted by atomic mass is 9.93. The van der Waals surface area contributed by atoms with Crippen LogP contribution in [0.25, 0.3) is 0 Å². The maximum atomic E-state index is 13.4. The molecular weight excluding hydrogens is 300 g/mol. The van der Waals surface area contributed by atoms with E-state index in [0.29, 0.717) is 3.57 Å². The maximum Gasteiger partial charge on any atom is 0.328 e. The number of nitrogens with two attached hydrogens (primary N) is 1. The highest BCUT2D eigenvalue weighted by Gasteiger charge is 2.34. The highest BCUT2D eigenvalue weighted by molar-refractivity contribution is 14.1. The van der Waals surface area contributed by atoms with Crippen LogP contribution in [0.4, 0.5) is 4.39 Å². The Morgan fingerprint density at radius 1 is 1.64 bits per heavy atom. The molecule has 5 heteroatoms. The Morgan fingerprint density at radius 2 is 2.21 bits per heavy atom. The van der Waals surface area contributed by atoms with Crippen molar-refractivity contribution in [3.63, 3.8) is 0 Å². The molecule has 0 fully saturated rings. The topological polar surface area (TPSA) is 63.3 Å². The molecular formula is C9H9FINO2. The largest absolute Gasteiger partial charge is 0.480 e. The lowest BCUT2D eigenvalue weighted by Crippen LogP contribution is -2.43. The lowest BCUT2D eigenvalue weighted by molar-refractivity contribution is -0.143. The second-order valence-corrected chi connectivity index (χ2v) is 4.27. The summed E-state index contributed by atoms with van der Waals surface area (Å²) in [6.45, 7) is 1.27. The van der Waals surface area contributed by atoms with Gasteiger partial charge in [0.25, 0.3) is 0 Å². The first-order valence-corrected chi connectivity index (χ1v) is 4.92. The third-order valence-electron chi connectivity index (χ3n) is 1.93. The predicted octanol–water partition coefficient (Wildman–Crippen LogP) is 1.69. The number of halogens is 2. The van der Waals surface area contributed by atoms with Gasteiger partial charge in [-0.15, -0.1) is 0 Å². The molecule has 0 aliphatic rings. The van der Waals surface area contributed by atoms with Gasteiger partial charge in [0.1, 0.15) is 11.4 Å². The van der Waals surface area contributed by atoms with E-state index in [-0.39, 0.29) is 5.56 Å². The van der Waals surface area contributed by atoms with Crippen molar-refractivity contribution in [3.05, 3.63) is 33.1 Å². The van der Waals surface area contributed by atoms with Crippen LogP contribution in [-0.2, 0) is 10.3 Å². The summed E-state index contributed by atoms with van der Waals surface area (Å²) < 4.78 is 13.9. The van der Waals surface area contributed by atoms with Crippen LogP contribution in [0.5, 0.6) is 0 Å². The van der Waals surface area contributed by atoms with Gasteiger partial charge in [-0.1, -0.05) is 6.07 Å². The molecule has 0 bridgehead atoms. The molecule has 76 valence electrons. The van der Waals surface area contributed by atoms with Crippen molar-refractivity contribution < 1.29 is 14.3 Å². The van der Waals surface area contributed by atoms with Gasteiger partial charge in [-0.25, -0.2) is 9.18 Å². The summed E-state index contributed by atoms with van der Waals surface area (Å²) in [4.78, 5) is 10.8. The summed E-state index contributed by atoms with van der Waals surface area (Å²) in [7, 11) is 0. The van der Waals surface area contributed by atoms with Crippen LogP contribution < -0.4 is 5.73 Å². The molecule has 0 saturated carbocycles. The molecule has 0 radical (unpaired) electrons. The van der Waals surface area contributed by atoms with Crippen LogP contribution in [0.2, 0.25) is 0 Å². The van der Waals surface area contributed by atoms with Gasteiger partial charge >= 0.3 is 5.97 Å². The van der Waals surface area contributed by atoms with Gasteiger partial charge in [-0.05, 0) is 41.6 Å². The number of hydrogen-bond donors (Lipinski definition) is 2. The fourth-order valence-electron chi connectivity index (χ4n) is 1.10. The number of rotatable bonds is 2. The standard InChI is InChI=1S/C9H9FINO2/c1-9(12,8(13)14)7-5(10)3-2-4-6(7)11/h2-4H,12H2,1H3,(H,13,14)/t9-/m0/s1. The van der Waals surface area contributed by atoms with Crippen LogP contribution >= 0.6 is 22.6 Å². The van der Waals surface area contributed by atoms with E-state index in [1.165, 1.54) is 19.1 Å². The molecule has 1 aromatic rings. The van der Waals surface area contributed by atoms with Gasteiger partial charge in [0.2, 0.25) is 0 Å². The Bertz CT molecular complexity index is 359. The molecule has 14 heavy (non-hydrogen) atoms. The molecule has 1 atom stereocenters. The first-order chi connectivity index (χ1) is 6.37. The Balaban J connectivity index is 3.38. The molecule has 1 aromatic carbocycles. The van der Waals surface area contributed by atoms with Crippen LogP contribution in [0.15, 0.2) is 18.2 Å². The highest BCUT2D eigenvalue weighted by Crippen LogP contribution is 2.26. The van der Waals surface area contributed by atoms with Crippen molar-refractivity contribution in [2.45, 2.75) is 12.5 Å². The molecule has 0 aliphatic heterocycles. The quantitative estimate of drug-likeness (QED) is 0.817. The van der Waals surface area contributed by atoms with Gasteiger partial charge in [0.15, 0.2) is 0 Å². The zero-order valence-electron chi connectivity index (χ0n) is 7.42. The Morgan fingerprint density at radius 3 is 2.64 bits per heavy atom. The van der Waals surface area contributed by atoms with E-state index in [2.05, 4.69) is 0 Å². The van der Waals surface area contributed by atoms with Crippen LogP contribution in [-0.4, -0.2) is 11.1 Å². The van der Waals surface area contributed by atoms with Crippen LogP contribution in [0.1, 0.15) is 12.5 Å². The Labute approximate surface area is 94.2 Å². The molecule has 1 rings (SSSR count). The lowest BCUT2D eigenvalue weighted by Gasteiger charge is -2.21. The average Bonchev–Trinajstić information content (AvgIpc) is 2.02. The van der Waals surface area contributed by atoms with Crippen molar-refractivity contribution in [2.24, 2.45) is 5.73 Å². The van der Waals surface area contributed by atoms with Gasteiger partial charge in [-0.2, -0.15) is 0 Å². The van der Waals surface area contributed by atoms with Gasteiger partial charge in [0, 0.05) is 9.13 Å². The minimum Gasteiger partial charge on any atom is -0.480 e. The molecule has 0 spiro atoms. The first kappa shape index (κ1) is 11.4. The van der Waals surface area contributed by atoms with Crippen molar-refractivity contribution in [1.29, 1.82) is 0 Å². The summed E-state index contributed by atoms with van der Waals surface area (Å²) in [5.74, 6) is -1.84. The third-order valence-corrected chi connectivity index (χ3v) is 2.83. The van der Waals surface area contributed by atoms with Crippen molar-refractivity contribution in [3.8, 4) is 0 Å². The Kier molecular flexibility index (Phi) is 3.10. The van der Waals surface area contributed by atoms with Crippen molar-refractivity contribution >= 4 is 28.6 Å². The summed E-state index contributed by atoms with van der Waals surface area (Å²) >= 11 is 1.86. The summed E-state index contributed by atoms with van der Waals surface area (Å²) in [5.41, 5.74) is 3.87. The van der Waals surface area contributed by atoms with Gasteiger partial charge in [-0.3, -0.25) is 0 Å². The third kappa shape index (κ3) is 1.88. The number of hydrogen-bond acceptors (Lipinski definition) is 2. The fraction of sp³-hybridized carbons (Fsp3) is 0.222. The fourth-order valence-corrected chi connectivity index (χ4v) is 2.13. The van der Waals surface area contributed by atoms with Gasteiger partial charge in [0.05, 0.1) is 0 Å². The highest BCUT2D eigenvalue weighted by atomic mass is 127. The number of carboxylic acid groups (broad SMARTS) is 1. The SMILES string of the molecule is C[C@@](N)(C(=O)O)c1c(F)cccc1I. The Hall–Kier alpha value is -0.690. The molecule has 0 amide bonds. The van der Waals surface area contributed by atoms with E-state index in [1.807, 2.05) is 22.6 Å². The van der Waals surface area contributed by atoms with E-state index in [4.69, 9.17) is 10.8 Å². The zero-order chi connectivity index (χ0) is 10.9. The molecule has 0 aromatic heterocycles. The van der Waals surface area contributed by atoms with Crippen molar-refractivity contribution in [2.75, 3.05) is 0 Å².